The molecule has 1 aromatic carbocycles. The van der Waals surface area contributed by atoms with Crippen LogP contribution < -0.4 is 15.8 Å². The first kappa shape index (κ1) is 19.3. The van der Waals surface area contributed by atoms with Crippen molar-refractivity contribution >= 4 is 28.4 Å². The average Bonchev–Trinajstić information content (AvgIpc) is 3.11. The smallest absolute Gasteiger partial charge is 0.275 e. The summed E-state index contributed by atoms with van der Waals surface area (Å²) in [6.07, 6.45) is 3.21. The van der Waals surface area contributed by atoms with Crippen molar-refractivity contribution in [3.05, 3.63) is 64.7 Å². The third kappa shape index (κ3) is 3.75. The third-order valence-corrected chi connectivity index (χ3v) is 5.61. The zero-order valence-corrected chi connectivity index (χ0v) is 17.5. The van der Waals surface area contributed by atoms with Gasteiger partial charge >= 0.3 is 0 Å². The van der Waals surface area contributed by atoms with Crippen LogP contribution in [0.2, 0.25) is 0 Å². The van der Waals surface area contributed by atoms with Crippen molar-refractivity contribution in [2.45, 2.75) is 6.92 Å². The van der Waals surface area contributed by atoms with Crippen LogP contribution in [-0.2, 0) is 0 Å². The van der Waals surface area contributed by atoms with Crippen molar-refractivity contribution in [3.8, 4) is 5.82 Å². The maximum absolute atomic E-state index is 12.3. The molecular weight excluding hydrogens is 392 g/mol. The molecular formula is C22H24N8O. The van der Waals surface area contributed by atoms with Crippen molar-refractivity contribution in [3.63, 3.8) is 0 Å². The predicted molar refractivity (Wildman–Crippen MR) is 121 cm³/mol. The van der Waals surface area contributed by atoms with Gasteiger partial charge in [-0.15, -0.1) is 0 Å². The summed E-state index contributed by atoms with van der Waals surface area (Å²) in [5.74, 6) is 1.01. The number of fused-ring (bicyclic) bond motifs is 1. The van der Waals surface area contributed by atoms with E-state index in [1.54, 1.807) is 10.9 Å². The number of hydrogen-bond acceptors (Lipinski definition) is 7. The van der Waals surface area contributed by atoms with Gasteiger partial charge in [-0.2, -0.15) is 4.98 Å². The van der Waals surface area contributed by atoms with Crippen LogP contribution in [0.3, 0.4) is 0 Å². The third-order valence-electron chi connectivity index (χ3n) is 5.61. The second-order valence-electron chi connectivity index (χ2n) is 7.81. The molecule has 4 heterocycles. The Balaban J connectivity index is 1.43. The van der Waals surface area contributed by atoms with Gasteiger partial charge in [-0.25, -0.2) is 14.6 Å². The molecule has 4 aromatic rings. The average molecular weight is 416 g/mol. The van der Waals surface area contributed by atoms with E-state index in [1.165, 1.54) is 17.4 Å². The molecule has 0 amide bonds. The normalized spacial score (nSPS) is 14.8. The van der Waals surface area contributed by atoms with E-state index in [0.717, 1.165) is 31.9 Å². The molecule has 9 nitrogen and oxygen atoms in total. The van der Waals surface area contributed by atoms with Gasteiger partial charge in [0.15, 0.2) is 11.5 Å². The van der Waals surface area contributed by atoms with Gasteiger partial charge in [0.1, 0.15) is 5.39 Å². The molecule has 0 bridgehead atoms. The molecule has 158 valence electrons. The van der Waals surface area contributed by atoms with E-state index in [2.05, 4.69) is 61.3 Å². The molecule has 5 rings (SSSR count). The van der Waals surface area contributed by atoms with Crippen molar-refractivity contribution in [1.29, 1.82) is 0 Å². The maximum Gasteiger partial charge on any atom is 0.275 e. The molecule has 1 aliphatic heterocycles. The fraction of sp³-hybridized carbons (Fsp3) is 0.273. The fourth-order valence-electron chi connectivity index (χ4n) is 3.89. The molecule has 31 heavy (non-hydrogen) atoms. The first-order chi connectivity index (χ1) is 15.1. The zero-order chi connectivity index (χ0) is 21.4. The van der Waals surface area contributed by atoms with Gasteiger partial charge < -0.3 is 15.1 Å². The van der Waals surface area contributed by atoms with Crippen molar-refractivity contribution in [1.82, 2.24) is 29.6 Å². The van der Waals surface area contributed by atoms with Gasteiger partial charge in [-0.1, -0.05) is 6.07 Å². The lowest BCUT2D eigenvalue weighted by Crippen LogP contribution is -2.44. The second kappa shape index (κ2) is 7.84. The Morgan fingerprint density at radius 2 is 1.90 bits per heavy atom. The minimum atomic E-state index is -0.250. The summed E-state index contributed by atoms with van der Waals surface area (Å²) >= 11 is 0. The lowest BCUT2D eigenvalue weighted by Gasteiger charge is -2.35. The minimum Gasteiger partial charge on any atom is -0.369 e. The number of benzene rings is 1. The molecule has 1 fully saturated rings. The van der Waals surface area contributed by atoms with Gasteiger partial charge in [-0.3, -0.25) is 9.89 Å². The highest BCUT2D eigenvalue weighted by atomic mass is 16.1. The number of hydrogen-bond donors (Lipinski definition) is 2. The van der Waals surface area contributed by atoms with Gasteiger partial charge in [-0.05, 0) is 49.9 Å². The summed E-state index contributed by atoms with van der Waals surface area (Å²) in [4.78, 5) is 30.3. The predicted octanol–water partition coefficient (Wildman–Crippen LogP) is 2.31. The first-order valence-corrected chi connectivity index (χ1v) is 10.3. The molecule has 0 radical (unpaired) electrons. The molecule has 2 N–H and O–H groups in total. The number of nitrogens with zero attached hydrogens (tertiary/aromatic N) is 6. The molecule has 3 aromatic heterocycles. The van der Waals surface area contributed by atoms with Crippen LogP contribution in [0.25, 0.3) is 16.9 Å². The Kier molecular flexibility index (Phi) is 4.87. The Morgan fingerprint density at radius 1 is 1.06 bits per heavy atom. The summed E-state index contributed by atoms with van der Waals surface area (Å²) in [6, 6.07) is 11.8. The highest BCUT2D eigenvalue weighted by Crippen LogP contribution is 2.26. The van der Waals surface area contributed by atoms with Gasteiger partial charge in [0.25, 0.3) is 5.56 Å². The number of aromatic amines is 1. The second-order valence-corrected chi connectivity index (χ2v) is 7.81. The minimum absolute atomic E-state index is 0.250. The summed E-state index contributed by atoms with van der Waals surface area (Å²) in [7, 11) is 2.16. The summed E-state index contributed by atoms with van der Waals surface area (Å²) in [5, 5.41) is 6.45. The van der Waals surface area contributed by atoms with E-state index in [4.69, 9.17) is 0 Å². The van der Waals surface area contributed by atoms with Crippen LogP contribution in [0.5, 0.6) is 0 Å². The summed E-state index contributed by atoms with van der Waals surface area (Å²) in [5.41, 5.74) is 3.58. The lowest BCUT2D eigenvalue weighted by atomic mass is 10.1. The topological polar surface area (TPSA) is 95.0 Å². The number of rotatable bonds is 4. The number of likely N-dealkylation sites (N-methyl/N-ethyl adjacent to an activating group) is 1. The number of anilines is 3. The first-order valence-electron chi connectivity index (χ1n) is 10.3. The summed E-state index contributed by atoms with van der Waals surface area (Å²) in [6.45, 7) is 6.32. The molecule has 0 atom stereocenters. The van der Waals surface area contributed by atoms with Crippen molar-refractivity contribution < 1.29 is 0 Å². The standard InChI is InChI=1S/C22H24N8O/c1-15-13-16(6-7-18(15)29-11-9-28(2)10-12-29)25-22-24-14-17-20(26-22)30(27-21(17)31)19-5-3-4-8-23-19/h3-8,13-14H,9-12H2,1-2H3,(H,27,31)(H,24,25,26). The molecule has 0 unspecified atom stereocenters. The highest BCUT2D eigenvalue weighted by molar-refractivity contribution is 5.76. The Bertz CT molecular complexity index is 1270. The van der Waals surface area contributed by atoms with E-state index in [0.29, 0.717) is 22.8 Å². The largest absolute Gasteiger partial charge is 0.369 e. The molecule has 9 heteroatoms. The number of pyridine rings is 1. The monoisotopic (exact) mass is 416 g/mol. The lowest BCUT2D eigenvalue weighted by molar-refractivity contribution is 0.312. The van der Waals surface area contributed by atoms with E-state index in [-0.39, 0.29) is 5.56 Å². The molecule has 1 aliphatic rings. The van der Waals surface area contributed by atoms with Crippen LogP contribution in [-0.4, -0.2) is 62.9 Å². The van der Waals surface area contributed by atoms with Crippen molar-refractivity contribution in [2.75, 3.05) is 43.4 Å². The molecule has 1 saturated heterocycles. The number of H-pyrrole nitrogens is 1. The summed E-state index contributed by atoms with van der Waals surface area (Å²) < 4.78 is 1.58. The van der Waals surface area contributed by atoms with Crippen LogP contribution in [0.4, 0.5) is 17.3 Å². The van der Waals surface area contributed by atoms with Gasteiger partial charge in [0.05, 0.1) is 0 Å². The van der Waals surface area contributed by atoms with Crippen molar-refractivity contribution in [2.24, 2.45) is 0 Å². The Morgan fingerprint density at radius 3 is 2.65 bits per heavy atom. The van der Waals surface area contributed by atoms with Crippen LogP contribution in [0.15, 0.2) is 53.6 Å². The SMILES string of the molecule is Cc1cc(Nc2ncc3c(=O)[nH]n(-c4ccccn4)c3n2)ccc1N1CCN(C)CC1. The molecule has 0 saturated carbocycles. The van der Waals surface area contributed by atoms with E-state index >= 15 is 0 Å². The number of aryl methyl sites for hydroxylation is 1. The van der Waals surface area contributed by atoms with Gasteiger partial charge in [0.2, 0.25) is 5.95 Å². The Hall–Kier alpha value is -3.72. The van der Waals surface area contributed by atoms with Crippen LogP contribution >= 0.6 is 0 Å². The zero-order valence-electron chi connectivity index (χ0n) is 17.5. The fourth-order valence-corrected chi connectivity index (χ4v) is 3.89. The van der Waals surface area contributed by atoms with Crippen LogP contribution in [0, 0.1) is 6.92 Å². The number of piperazine rings is 1. The van der Waals surface area contributed by atoms with E-state index in [1.807, 2.05) is 24.3 Å². The quantitative estimate of drug-likeness (QED) is 0.527. The molecule has 0 aliphatic carbocycles. The van der Waals surface area contributed by atoms with Crippen LogP contribution in [0.1, 0.15) is 5.56 Å². The van der Waals surface area contributed by atoms with E-state index in [9.17, 15) is 4.79 Å². The van der Waals surface area contributed by atoms with Gasteiger partial charge in [0, 0.05) is 49.9 Å². The maximum atomic E-state index is 12.3. The number of nitrogens with one attached hydrogen (secondary N) is 2. The molecule has 0 spiro atoms. The Labute approximate surface area is 179 Å². The highest BCUT2D eigenvalue weighted by Gasteiger charge is 2.16. The number of aromatic nitrogens is 5. The van der Waals surface area contributed by atoms with E-state index < -0.39 is 0 Å².